The standard InChI is InChI=1S/C18H13ClFN3O2S/c19-14-4-2-1-3-12(14)15-13(9-21)18(22)26-17(16(15)23(24)25)10-5-7-11(20)8-6-10/h1-8,15-17H,22H2/t15-,16-,17+/m1/s1. The Morgan fingerprint density at radius 2 is 1.88 bits per heavy atom. The van der Waals surface area contributed by atoms with Crippen molar-refractivity contribution in [1.82, 2.24) is 0 Å². The Labute approximate surface area is 158 Å². The smallest absolute Gasteiger partial charge is 0.240 e. The van der Waals surface area contributed by atoms with Crippen molar-refractivity contribution >= 4 is 23.4 Å². The van der Waals surface area contributed by atoms with E-state index in [0.29, 0.717) is 16.1 Å². The lowest BCUT2D eigenvalue weighted by Crippen LogP contribution is -2.37. The highest BCUT2D eigenvalue weighted by Crippen LogP contribution is 2.51. The fourth-order valence-corrected chi connectivity index (χ4v) is 4.63. The van der Waals surface area contributed by atoms with E-state index in [9.17, 15) is 19.8 Å². The zero-order valence-corrected chi connectivity index (χ0v) is 14.9. The van der Waals surface area contributed by atoms with Gasteiger partial charge in [-0.15, -0.1) is 0 Å². The first-order valence-electron chi connectivity index (χ1n) is 7.63. The molecule has 3 rings (SSSR count). The van der Waals surface area contributed by atoms with Crippen molar-refractivity contribution in [2.45, 2.75) is 17.2 Å². The van der Waals surface area contributed by atoms with Gasteiger partial charge in [0, 0.05) is 9.95 Å². The van der Waals surface area contributed by atoms with Crippen LogP contribution in [0, 0.1) is 27.3 Å². The quantitative estimate of drug-likeness (QED) is 0.620. The summed E-state index contributed by atoms with van der Waals surface area (Å²) in [4.78, 5) is 11.6. The van der Waals surface area contributed by atoms with Gasteiger partial charge in [-0.1, -0.05) is 53.7 Å². The first-order chi connectivity index (χ1) is 12.4. The van der Waals surface area contributed by atoms with Gasteiger partial charge < -0.3 is 5.73 Å². The molecule has 0 saturated heterocycles. The first kappa shape index (κ1) is 18.2. The van der Waals surface area contributed by atoms with E-state index in [-0.39, 0.29) is 10.6 Å². The molecule has 2 aromatic carbocycles. The van der Waals surface area contributed by atoms with Gasteiger partial charge in [0.2, 0.25) is 6.04 Å². The van der Waals surface area contributed by atoms with Crippen LogP contribution in [0.1, 0.15) is 22.3 Å². The van der Waals surface area contributed by atoms with Crippen LogP contribution < -0.4 is 5.73 Å². The Balaban J connectivity index is 2.20. The molecule has 1 heterocycles. The largest absolute Gasteiger partial charge is 0.393 e. The predicted molar refractivity (Wildman–Crippen MR) is 98.5 cm³/mol. The minimum atomic E-state index is -1.17. The lowest BCUT2D eigenvalue weighted by molar-refractivity contribution is -0.525. The fourth-order valence-electron chi connectivity index (χ4n) is 3.11. The highest BCUT2D eigenvalue weighted by Gasteiger charge is 2.48. The van der Waals surface area contributed by atoms with Gasteiger partial charge in [-0.25, -0.2) is 4.39 Å². The topological polar surface area (TPSA) is 93.0 Å². The summed E-state index contributed by atoms with van der Waals surface area (Å²) in [7, 11) is 0. The van der Waals surface area contributed by atoms with E-state index in [1.54, 1.807) is 24.3 Å². The maximum atomic E-state index is 13.3. The SMILES string of the molecule is N#CC1=C(N)S[C@@H](c2ccc(F)cc2)[C@H]([N+](=O)[O-])[C@@H]1c1ccccc1Cl. The molecule has 1 aliphatic rings. The molecule has 132 valence electrons. The number of halogens is 2. The minimum absolute atomic E-state index is 0.128. The van der Waals surface area contributed by atoms with E-state index in [4.69, 9.17) is 17.3 Å². The van der Waals surface area contributed by atoms with Crippen molar-refractivity contribution in [3.05, 3.63) is 91.2 Å². The van der Waals surface area contributed by atoms with E-state index in [2.05, 4.69) is 0 Å². The second-order valence-corrected chi connectivity index (χ2v) is 7.35. The lowest BCUT2D eigenvalue weighted by atomic mass is 9.82. The summed E-state index contributed by atoms with van der Waals surface area (Å²) in [5, 5.41) is 21.4. The van der Waals surface area contributed by atoms with Gasteiger partial charge in [-0.05, 0) is 29.3 Å². The zero-order valence-electron chi connectivity index (χ0n) is 13.3. The van der Waals surface area contributed by atoms with Crippen molar-refractivity contribution in [1.29, 1.82) is 5.26 Å². The molecule has 26 heavy (non-hydrogen) atoms. The molecule has 0 saturated carbocycles. The molecule has 0 aromatic heterocycles. The Morgan fingerprint density at radius 1 is 1.23 bits per heavy atom. The molecule has 0 radical (unpaired) electrons. The molecular formula is C18H13ClFN3O2S. The number of nitro groups is 1. The molecule has 0 spiro atoms. The zero-order chi connectivity index (χ0) is 18.8. The van der Waals surface area contributed by atoms with Gasteiger partial charge in [0.05, 0.1) is 22.6 Å². The minimum Gasteiger partial charge on any atom is -0.393 e. The molecule has 0 unspecified atom stereocenters. The fraction of sp³-hybridized carbons (Fsp3) is 0.167. The lowest BCUT2D eigenvalue weighted by Gasteiger charge is -2.32. The van der Waals surface area contributed by atoms with Crippen molar-refractivity contribution in [3.8, 4) is 6.07 Å². The highest BCUT2D eigenvalue weighted by molar-refractivity contribution is 8.03. The predicted octanol–water partition coefficient (Wildman–Crippen LogP) is 4.39. The van der Waals surface area contributed by atoms with Crippen LogP contribution in [0.4, 0.5) is 4.39 Å². The van der Waals surface area contributed by atoms with Crippen LogP contribution in [0.5, 0.6) is 0 Å². The van der Waals surface area contributed by atoms with Crippen molar-refractivity contribution in [2.24, 2.45) is 5.73 Å². The Morgan fingerprint density at radius 3 is 2.46 bits per heavy atom. The third kappa shape index (κ3) is 3.26. The van der Waals surface area contributed by atoms with Crippen LogP contribution in [0.15, 0.2) is 59.1 Å². The Hall–Kier alpha value is -2.56. The normalized spacial score (nSPS) is 22.7. The third-order valence-corrected chi connectivity index (χ3v) is 5.91. The Bertz CT molecular complexity index is 927. The van der Waals surface area contributed by atoms with E-state index in [1.165, 1.54) is 24.3 Å². The number of hydrogen-bond donors (Lipinski definition) is 1. The second-order valence-electron chi connectivity index (χ2n) is 5.75. The number of nitrogens with two attached hydrogens (primary N) is 1. The summed E-state index contributed by atoms with van der Waals surface area (Å²) < 4.78 is 13.3. The van der Waals surface area contributed by atoms with E-state index in [1.807, 2.05) is 6.07 Å². The number of benzene rings is 2. The van der Waals surface area contributed by atoms with Gasteiger partial charge in [0.15, 0.2) is 0 Å². The van der Waals surface area contributed by atoms with E-state index in [0.717, 1.165) is 11.8 Å². The number of rotatable bonds is 3. The summed E-state index contributed by atoms with van der Waals surface area (Å²) in [5.41, 5.74) is 7.24. The molecule has 0 bridgehead atoms. The van der Waals surface area contributed by atoms with Crippen LogP contribution in [0.3, 0.4) is 0 Å². The maximum absolute atomic E-state index is 13.3. The number of nitrogens with zero attached hydrogens (tertiary/aromatic N) is 2. The van der Waals surface area contributed by atoms with E-state index >= 15 is 0 Å². The van der Waals surface area contributed by atoms with Gasteiger partial charge in [0.25, 0.3) is 0 Å². The molecule has 0 fully saturated rings. The summed E-state index contributed by atoms with van der Waals surface area (Å²) >= 11 is 7.31. The third-order valence-electron chi connectivity index (χ3n) is 4.28. The van der Waals surface area contributed by atoms with Gasteiger partial charge in [-0.2, -0.15) is 5.26 Å². The number of thioether (sulfide) groups is 1. The molecule has 2 N–H and O–H groups in total. The summed E-state index contributed by atoms with van der Waals surface area (Å²) in [6, 6.07) is 13.0. The first-order valence-corrected chi connectivity index (χ1v) is 8.89. The summed E-state index contributed by atoms with van der Waals surface area (Å²) in [6.45, 7) is 0. The average molecular weight is 390 g/mol. The summed E-state index contributed by atoms with van der Waals surface area (Å²) in [6.07, 6.45) is 0. The van der Waals surface area contributed by atoms with Crippen molar-refractivity contribution < 1.29 is 9.31 Å². The maximum Gasteiger partial charge on any atom is 0.240 e. The number of nitriles is 1. The van der Waals surface area contributed by atoms with Crippen LogP contribution in [-0.2, 0) is 0 Å². The van der Waals surface area contributed by atoms with Crippen molar-refractivity contribution in [2.75, 3.05) is 0 Å². The molecule has 5 nitrogen and oxygen atoms in total. The highest BCUT2D eigenvalue weighted by atomic mass is 35.5. The monoisotopic (exact) mass is 389 g/mol. The van der Waals surface area contributed by atoms with Crippen LogP contribution >= 0.6 is 23.4 Å². The molecule has 2 aromatic rings. The van der Waals surface area contributed by atoms with Crippen LogP contribution in [0.25, 0.3) is 0 Å². The van der Waals surface area contributed by atoms with E-state index < -0.39 is 28.0 Å². The molecule has 0 aliphatic carbocycles. The number of hydrogen-bond acceptors (Lipinski definition) is 5. The molecular weight excluding hydrogens is 377 g/mol. The summed E-state index contributed by atoms with van der Waals surface area (Å²) in [5.74, 6) is -1.32. The average Bonchev–Trinajstić information content (AvgIpc) is 2.61. The molecule has 0 amide bonds. The van der Waals surface area contributed by atoms with Crippen molar-refractivity contribution in [3.63, 3.8) is 0 Å². The molecule has 8 heteroatoms. The molecule has 1 aliphatic heterocycles. The van der Waals surface area contributed by atoms with Gasteiger partial charge in [0.1, 0.15) is 11.1 Å². The van der Waals surface area contributed by atoms with Gasteiger partial charge in [-0.3, -0.25) is 10.1 Å². The second kappa shape index (κ2) is 7.36. The van der Waals surface area contributed by atoms with Gasteiger partial charge >= 0.3 is 0 Å². The Kier molecular flexibility index (Phi) is 5.16. The van der Waals surface area contributed by atoms with Crippen LogP contribution in [-0.4, -0.2) is 11.0 Å². The van der Waals surface area contributed by atoms with Crippen LogP contribution in [0.2, 0.25) is 5.02 Å². The molecule has 3 atom stereocenters.